The van der Waals surface area contributed by atoms with Crippen LogP contribution in [0, 0.1) is 0 Å². The first-order chi connectivity index (χ1) is 14.2. The third-order valence-electron chi connectivity index (χ3n) is 5.50. The maximum Gasteiger partial charge on any atom is 0.245 e. The summed E-state index contributed by atoms with van der Waals surface area (Å²) in [5.41, 5.74) is 2.97. The number of carbonyl (C=O) groups excluding carboxylic acids is 1. The van der Waals surface area contributed by atoms with E-state index in [-0.39, 0.29) is 11.9 Å². The molecule has 0 radical (unpaired) electrons. The van der Waals surface area contributed by atoms with Gasteiger partial charge in [-0.3, -0.25) is 14.6 Å². The molecule has 2 aromatic rings. The summed E-state index contributed by atoms with van der Waals surface area (Å²) >= 11 is 3.50. The zero-order valence-electron chi connectivity index (χ0n) is 16.7. The third kappa shape index (κ3) is 4.44. The molecule has 1 unspecified atom stereocenters. The summed E-state index contributed by atoms with van der Waals surface area (Å²) in [5.74, 6) is 0.862. The van der Waals surface area contributed by atoms with Crippen LogP contribution in [-0.2, 0) is 16.1 Å². The minimum absolute atomic E-state index is 0.130. The van der Waals surface area contributed by atoms with Crippen LogP contribution in [0.15, 0.2) is 58.0 Å². The summed E-state index contributed by atoms with van der Waals surface area (Å²) in [5, 5.41) is 0. The van der Waals surface area contributed by atoms with Gasteiger partial charge in [-0.05, 0) is 30.2 Å². The molecule has 2 aliphatic rings. The van der Waals surface area contributed by atoms with Gasteiger partial charge < -0.3 is 4.74 Å². The van der Waals surface area contributed by atoms with Crippen molar-refractivity contribution in [3.63, 3.8) is 0 Å². The molecular weight excluding hydrogens is 430 g/mol. The number of morpholine rings is 1. The van der Waals surface area contributed by atoms with Crippen LogP contribution in [-0.4, -0.2) is 53.9 Å². The Balaban J connectivity index is 1.71. The number of aliphatic imine (C=N–C) groups is 1. The fourth-order valence-electron chi connectivity index (χ4n) is 3.98. The minimum Gasteiger partial charge on any atom is -0.379 e. The van der Waals surface area contributed by atoms with Crippen LogP contribution in [0.4, 0.5) is 5.69 Å². The number of fused-ring (bicyclic) bond motifs is 1. The topological polar surface area (TPSA) is 45.1 Å². The monoisotopic (exact) mass is 455 g/mol. The van der Waals surface area contributed by atoms with Crippen molar-refractivity contribution < 1.29 is 9.53 Å². The van der Waals surface area contributed by atoms with Crippen molar-refractivity contribution in [1.82, 2.24) is 9.80 Å². The molecule has 5 nitrogen and oxygen atoms in total. The fraction of sp³-hybridized carbons (Fsp3) is 0.391. The van der Waals surface area contributed by atoms with Gasteiger partial charge in [0, 0.05) is 23.1 Å². The van der Waals surface area contributed by atoms with Crippen molar-refractivity contribution in [2.75, 3.05) is 26.3 Å². The van der Waals surface area contributed by atoms with E-state index in [4.69, 9.17) is 9.73 Å². The lowest BCUT2D eigenvalue weighted by Crippen LogP contribution is -2.53. The lowest BCUT2D eigenvalue weighted by Gasteiger charge is -2.38. The molecule has 1 fully saturated rings. The summed E-state index contributed by atoms with van der Waals surface area (Å²) in [7, 11) is 0. The number of nitrogens with zero attached hydrogens (tertiary/aromatic N) is 3. The molecule has 0 spiro atoms. The second-order valence-electron chi connectivity index (χ2n) is 7.45. The van der Waals surface area contributed by atoms with Crippen LogP contribution >= 0.6 is 15.9 Å². The number of benzene rings is 2. The number of halogens is 1. The van der Waals surface area contributed by atoms with Gasteiger partial charge in [-0.25, -0.2) is 4.99 Å². The highest BCUT2D eigenvalue weighted by molar-refractivity contribution is 9.10. The van der Waals surface area contributed by atoms with E-state index in [0.29, 0.717) is 19.8 Å². The second-order valence-corrected chi connectivity index (χ2v) is 8.36. The highest BCUT2D eigenvalue weighted by Crippen LogP contribution is 2.29. The van der Waals surface area contributed by atoms with E-state index in [1.807, 2.05) is 47.4 Å². The number of hydrogen-bond donors (Lipinski definition) is 0. The van der Waals surface area contributed by atoms with Gasteiger partial charge in [-0.2, -0.15) is 0 Å². The van der Waals surface area contributed by atoms with Gasteiger partial charge in [-0.1, -0.05) is 59.6 Å². The van der Waals surface area contributed by atoms with Gasteiger partial charge in [0.2, 0.25) is 5.91 Å². The summed E-state index contributed by atoms with van der Waals surface area (Å²) in [6.45, 7) is 5.65. The molecule has 152 valence electrons. The summed E-state index contributed by atoms with van der Waals surface area (Å²) in [6.07, 6.45) is 1.80. The Morgan fingerprint density at radius 3 is 2.59 bits per heavy atom. The van der Waals surface area contributed by atoms with E-state index in [1.165, 1.54) is 0 Å². The van der Waals surface area contributed by atoms with Gasteiger partial charge in [0.1, 0.15) is 5.84 Å². The van der Waals surface area contributed by atoms with Crippen molar-refractivity contribution in [3.05, 3.63) is 64.1 Å². The van der Waals surface area contributed by atoms with Gasteiger partial charge in [0.05, 0.1) is 31.5 Å². The predicted molar refractivity (Wildman–Crippen MR) is 118 cm³/mol. The Bertz CT molecular complexity index is 891. The van der Waals surface area contributed by atoms with Crippen LogP contribution in [0.1, 0.15) is 30.9 Å². The molecule has 6 heteroatoms. The molecule has 1 amide bonds. The van der Waals surface area contributed by atoms with Crippen molar-refractivity contribution in [1.29, 1.82) is 0 Å². The maximum absolute atomic E-state index is 13.8. The molecule has 0 N–H and O–H groups in total. The fourth-order valence-corrected chi connectivity index (χ4v) is 4.24. The summed E-state index contributed by atoms with van der Waals surface area (Å²) in [6, 6.07) is 15.9. The van der Waals surface area contributed by atoms with Gasteiger partial charge >= 0.3 is 0 Å². The summed E-state index contributed by atoms with van der Waals surface area (Å²) < 4.78 is 6.51. The third-order valence-corrected chi connectivity index (χ3v) is 6.03. The van der Waals surface area contributed by atoms with Crippen LogP contribution in [0.5, 0.6) is 0 Å². The van der Waals surface area contributed by atoms with Crippen LogP contribution < -0.4 is 0 Å². The number of hydrogen-bond acceptors (Lipinski definition) is 4. The molecule has 0 saturated carbocycles. The van der Waals surface area contributed by atoms with E-state index in [2.05, 4.69) is 33.8 Å². The first-order valence-corrected chi connectivity index (χ1v) is 11.0. The molecule has 4 rings (SSSR count). The molecule has 2 heterocycles. The minimum atomic E-state index is -0.144. The average molecular weight is 456 g/mol. The van der Waals surface area contributed by atoms with Gasteiger partial charge in [0.15, 0.2) is 0 Å². The van der Waals surface area contributed by atoms with Crippen molar-refractivity contribution in [2.24, 2.45) is 4.99 Å². The molecule has 1 atom stereocenters. The Morgan fingerprint density at radius 2 is 1.86 bits per heavy atom. The molecular formula is C23H26BrN3O2. The average Bonchev–Trinajstić information content (AvgIpc) is 2.77. The smallest absolute Gasteiger partial charge is 0.245 e. The zero-order valence-corrected chi connectivity index (χ0v) is 18.3. The number of amidine groups is 1. The number of carbonyl (C=O) groups is 1. The van der Waals surface area contributed by atoms with E-state index in [9.17, 15) is 4.79 Å². The van der Waals surface area contributed by atoms with Crippen LogP contribution in [0.2, 0.25) is 0 Å². The van der Waals surface area contributed by atoms with Gasteiger partial charge in [0.25, 0.3) is 0 Å². The number of amides is 1. The van der Waals surface area contributed by atoms with Gasteiger partial charge in [-0.15, -0.1) is 0 Å². The van der Waals surface area contributed by atoms with E-state index in [0.717, 1.165) is 53.1 Å². The Hall–Kier alpha value is -2.02. The Kier molecular flexibility index (Phi) is 6.43. The van der Waals surface area contributed by atoms with Crippen molar-refractivity contribution >= 4 is 33.4 Å². The Labute approximate surface area is 180 Å². The van der Waals surface area contributed by atoms with E-state index in [1.54, 1.807) is 0 Å². The molecule has 0 bridgehead atoms. The SMILES string of the molecule is CCCC(C(=O)N1Cc2ccccc2N=C1c1ccc(Br)cc1)N1CCOCC1. The van der Waals surface area contributed by atoms with Crippen molar-refractivity contribution in [3.8, 4) is 0 Å². The lowest BCUT2D eigenvalue weighted by atomic mass is 10.0. The normalized spacial score (nSPS) is 18.1. The van der Waals surface area contributed by atoms with Crippen molar-refractivity contribution in [2.45, 2.75) is 32.4 Å². The zero-order chi connectivity index (χ0) is 20.2. The highest BCUT2D eigenvalue weighted by Gasteiger charge is 2.34. The van der Waals surface area contributed by atoms with Crippen LogP contribution in [0.3, 0.4) is 0 Å². The second kappa shape index (κ2) is 9.20. The first kappa shape index (κ1) is 20.3. The van der Waals surface area contributed by atoms with E-state index < -0.39 is 0 Å². The number of para-hydroxylation sites is 1. The standard InChI is InChI=1S/C23H26BrN3O2/c1-2-5-21(26-12-14-29-15-13-26)23(28)27-16-18-6-3-4-7-20(18)25-22(27)17-8-10-19(24)11-9-17/h3-4,6-11,21H,2,5,12-16H2,1H3. The van der Waals surface area contributed by atoms with E-state index >= 15 is 0 Å². The predicted octanol–water partition coefficient (Wildman–Crippen LogP) is 4.37. The molecule has 0 aliphatic carbocycles. The number of rotatable bonds is 5. The van der Waals surface area contributed by atoms with Crippen LogP contribution in [0.25, 0.3) is 0 Å². The Morgan fingerprint density at radius 1 is 1.14 bits per heavy atom. The maximum atomic E-state index is 13.8. The largest absolute Gasteiger partial charge is 0.379 e. The molecule has 29 heavy (non-hydrogen) atoms. The number of ether oxygens (including phenoxy) is 1. The molecule has 2 aromatic carbocycles. The molecule has 0 aromatic heterocycles. The summed E-state index contributed by atoms with van der Waals surface area (Å²) in [4.78, 5) is 22.8. The first-order valence-electron chi connectivity index (χ1n) is 10.2. The highest BCUT2D eigenvalue weighted by atomic mass is 79.9. The lowest BCUT2D eigenvalue weighted by molar-refractivity contribution is -0.135. The quantitative estimate of drug-likeness (QED) is 0.672. The molecule has 1 saturated heterocycles. The molecule has 2 aliphatic heterocycles.